The van der Waals surface area contributed by atoms with Crippen molar-refractivity contribution in [3.05, 3.63) is 52.5 Å². The minimum absolute atomic E-state index is 0.0407. The van der Waals surface area contributed by atoms with Crippen molar-refractivity contribution in [2.24, 2.45) is 0 Å². The van der Waals surface area contributed by atoms with Crippen LogP contribution in [0.1, 0.15) is 55.7 Å². The standard InChI is InChI=1S/C22H26N4O3S/c27-20(12-19-21(28)26(22(29)25-19)17-6-2-1-3-7-17)24-18(11-15-8-10-30-14-15)16-5-4-9-23-13-16/h4-5,8-10,13-14,17-19H,1-3,6-7,11-12H2,(H,24,27)(H,25,29)/t18-,19+/m0/s1. The molecule has 8 heteroatoms. The summed E-state index contributed by atoms with van der Waals surface area (Å²) in [6.45, 7) is 0. The molecule has 1 saturated heterocycles. The topological polar surface area (TPSA) is 91.4 Å². The number of hydrogen-bond donors (Lipinski definition) is 2. The van der Waals surface area contributed by atoms with Gasteiger partial charge in [-0.25, -0.2) is 4.79 Å². The molecule has 1 saturated carbocycles. The average molecular weight is 427 g/mol. The Labute approximate surface area is 179 Å². The number of thiophene rings is 1. The van der Waals surface area contributed by atoms with Gasteiger partial charge in [-0.2, -0.15) is 11.3 Å². The Morgan fingerprint density at radius 3 is 2.80 bits per heavy atom. The molecule has 0 spiro atoms. The van der Waals surface area contributed by atoms with Crippen LogP contribution in [0.4, 0.5) is 4.79 Å². The fourth-order valence-corrected chi connectivity index (χ4v) is 4.97. The van der Waals surface area contributed by atoms with E-state index in [9.17, 15) is 14.4 Å². The molecule has 7 nitrogen and oxygen atoms in total. The molecule has 2 atom stereocenters. The lowest BCUT2D eigenvalue weighted by atomic mass is 9.94. The van der Waals surface area contributed by atoms with E-state index in [1.165, 1.54) is 4.90 Å². The van der Waals surface area contributed by atoms with Crippen LogP contribution in [-0.4, -0.2) is 39.8 Å². The second kappa shape index (κ2) is 9.38. The van der Waals surface area contributed by atoms with Crippen LogP contribution < -0.4 is 10.6 Å². The molecule has 4 amide bonds. The summed E-state index contributed by atoms with van der Waals surface area (Å²) in [5.41, 5.74) is 2.03. The molecular weight excluding hydrogens is 400 g/mol. The molecule has 2 N–H and O–H groups in total. The Morgan fingerprint density at radius 2 is 2.10 bits per heavy atom. The minimum Gasteiger partial charge on any atom is -0.349 e. The summed E-state index contributed by atoms with van der Waals surface area (Å²) < 4.78 is 0. The van der Waals surface area contributed by atoms with E-state index >= 15 is 0 Å². The SMILES string of the molecule is O=C(C[C@H]1NC(=O)N(C2CCCCC2)C1=O)N[C@@H](Cc1ccsc1)c1cccnc1. The van der Waals surface area contributed by atoms with E-state index in [0.717, 1.165) is 43.2 Å². The first-order chi connectivity index (χ1) is 14.6. The fraction of sp³-hybridized carbons (Fsp3) is 0.455. The third-order valence-electron chi connectivity index (χ3n) is 5.82. The van der Waals surface area contributed by atoms with Gasteiger partial charge in [-0.15, -0.1) is 0 Å². The maximum absolute atomic E-state index is 12.8. The van der Waals surface area contributed by atoms with Gasteiger partial charge in [-0.3, -0.25) is 19.5 Å². The molecule has 2 aromatic rings. The number of carbonyl (C=O) groups excluding carboxylic acids is 3. The number of amides is 4. The van der Waals surface area contributed by atoms with Crippen molar-refractivity contribution < 1.29 is 14.4 Å². The van der Waals surface area contributed by atoms with Gasteiger partial charge in [-0.05, 0) is 53.3 Å². The van der Waals surface area contributed by atoms with E-state index in [1.807, 2.05) is 23.6 Å². The van der Waals surface area contributed by atoms with Gasteiger partial charge in [0.2, 0.25) is 5.91 Å². The van der Waals surface area contributed by atoms with E-state index in [4.69, 9.17) is 0 Å². The number of carbonyl (C=O) groups is 3. The average Bonchev–Trinajstić information content (AvgIpc) is 3.36. The van der Waals surface area contributed by atoms with Crippen LogP contribution in [0.5, 0.6) is 0 Å². The number of imide groups is 1. The highest BCUT2D eigenvalue weighted by molar-refractivity contribution is 7.07. The van der Waals surface area contributed by atoms with Crippen molar-refractivity contribution in [1.29, 1.82) is 0 Å². The van der Waals surface area contributed by atoms with Crippen molar-refractivity contribution in [1.82, 2.24) is 20.5 Å². The number of nitrogens with one attached hydrogen (secondary N) is 2. The Kier molecular flexibility index (Phi) is 6.42. The molecule has 1 aliphatic carbocycles. The molecule has 30 heavy (non-hydrogen) atoms. The van der Waals surface area contributed by atoms with Crippen molar-refractivity contribution in [3.63, 3.8) is 0 Å². The van der Waals surface area contributed by atoms with Crippen molar-refractivity contribution in [2.75, 3.05) is 0 Å². The summed E-state index contributed by atoms with van der Waals surface area (Å²) in [7, 11) is 0. The Hall–Kier alpha value is -2.74. The maximum Gasteiger partial charge on any atom is 0.325 e. The van der Waals surface area contributed by atoms with Gasteiger partial charge in [0, 0.05) is 18.4 Å². The second-order valence-electron chi connectivity index (χ2n) is 7.95. The molecule has 2 fully saturated rings. The molecule has 0 aromatic carbocycles. The summed E-state index contributed by atoms with van der Waals surface area (Å²) in [4.78, 5) is 43.5. The zero-order chi connectivity index (χ0) is 20.9. The first-order valence-corrected chi connectivity index (χ1v) is 11.4. The molecular formula is C22H26N4O3S. The molecule has 0 bridgehead atoms. The predicted molar refractivity (Wildman–Crippen MR) is 114 cm³/mol. The quantitative estimate of drug-likeness (QED) is 0.665. The third-order valence-corrected chi connectivity index (χ3v) is 6.56. The third kappa shape index (κ3) is 4.70. The van der Waals surface area contributed by atoms with E-state index in [-0.39, 0.29) is 36.3 Å². The number of nitrogens with zero attached hydrogens (tertiary/aromatic N) is 2. The Morgan fingerprint density at radius 1 is 1.27 bits per heavy atom. The van der Waals surface area contributed by atoms with Crippen LogP contribution in [0.2, 0.25) is 0 Å². The highest BCUT2D eigenvalue weighted by Crippen LogP contribution is 2.26. The zero-order valence-electron chi connectivity index (χ0n) is 16.8. The van der Waals surface area contributed by atoms with Gasteiger partial charge in [0.1, 0.15) is 6.04 Å². The Balaban J connectivity index is 1.40. The molecule has 2 aliphatic rings. The molecule has 0 radical (unpaired) electrons. The number of pyridine rings is 1. The minimum atomic E-state index is -0.796. The van der Waals surface area contributed by atoms with Crippen molar-refractivity contribution >= 4 is 29.2 Å². The number of urea groups is 1. The summed E-state index contributed by atoms with van der Waals surface area (Å²) >= 11 is 1.61. The van der Waals surface area contributed by atoms with Crippen LogP contribution in [0.25, 0.3) is 0 Å². The summed E-state index contributed by atoms with van der Waals surface area (Å²) in [5, 5.41) is 9.80. The van der Waals surface area contributed by atoms with Gasteiger partial charge in [0.25, 0.3) is 5.91 Å². The maximum atomic E-state index is 12.8. The molecule has 4 rings (SSSR count). The van der Waals surface area contributed by atoms with Crippen molar-refractivity contribution in [2.45, 2.75) is 63.1 Å². The summed E-state index contributed by atoms with van der Waals surface area (Å²) in [6, 6.07) is 4.34. The van der Waals surface area contributed by atoms with E-state index in [2.05, 4.69) is 21.0 Å². The highest BCUT2D eigenvalue weighted by Gasteiger charge is 2.43. The van der Waals surface area contributed by atoms with E-state index in [1.54, 1.807) is 23.7 Å². The number of hydrogen-bond acceptors (Lipinski definition) is 5. The molecule has 1 aliphatic heterocycles. The first-order valence-electron chi connectivity index (χ1n) is 10.5. The lowest BCUT2D eigenvalue weighted by molar-refractivity contribution is -0.132. The first kappa shape index (κ1) is 20.5. The summed E-state index contributed by atoms with van der Waals surface area (Å²) in [5.74, 6) is -0.541. The molecule has 2 aromatic heterocycles. The van der Waals surface area contributed by atoms with Crippen LogP contribution >= 0.6 is 11.3 Å². The Bertz CT molecular complexity index is 881. The van der Waals surface area contributed by atoms with Gasteiger partial charge < -0.3 is 10.6 Å². The lowest BCUT2D eigenvalue weighted by Crippen LogP contribution is -2.42. The predicted octanol–water partition coefficient (Wildman–Crippen LogP) is 3.19. The largest absolute Gasteiger partial charge is 0.349 e. The van der Waals surface area contributed by atoms with E-state index in [0.29, 0.717) is 6.42 Å². The van der Waals surface area contributed by atoms with Crippen LogP contribution in [-0.2, 0) is 16.0 Å². The molecule has 0 unspecified atom stereocenters. The monoisotopic (exact) mass is 426 g/mol. The van der Waals surface area contributed by atoms with Crippen LogP contribution in [0, 0.1) is 0 Å². The fourth-order valence-electron chi connectivity index (χ4n) is 4.29. The normalized spacial score (nSPS) is 20.8. The van der Waals surface area contributed by atoms with Crippen LogP contribution in [0.3, 0.4) is 0 Å². The second-order valence-corrected chi connectivity index (χ2v) is 8.73. The zero-order valence-corrected chi connectivity index (χ0v) is 17.6. The lowest BCUT2D eigenvalue weighted by Gasteiger charge is -2.28. The van der Waals surface area contributed by atoms with Gasteiger partial charge in [0.05, 0.1) is 12.5 Å². The highest BCUT2D eigenvalue weighted by atomic mass is 32.1. The smallest absolute Gasteiger partial charge is 0.325 e. The number of aromatic nitrogens is 1. The molecule has 3 heterocycles. The van der Waals surface area contributed by atoms with E-state index < -0.39 is 6.04 Å². The van der Waals surface area contributed by atoms with Gasteiger partial charge in [-0.1, -0.05) is 25.3 Å². The summed E-state index contributed by atoms with van der Waals surface area (Å²) in [6.07, 6.45) is 8.92. The number of rotatable bonds is 7. The van der Waals surface area contributed by atoms with Crippen molar-refractivity contribution in [3.8, 4) is 0 Å². The van der Waals surface area contributed by atoms with Crippen LogP contribution in [0.15, 0.2) is 41.4 Å². The van der Waals surface area contributed by atoms with Gasteiger partial charge >= 0.3 is 6.03 Å². The van der Waals surface area contributed by atoms with Gasteiger partial charge in [0.15, 0.2) is 0 Å². The molecule has 158 valence electrons.